The third kappa shape index (κ3) is 7.63. The Balaban J connectivity index is 1.40. The first-order valence-electron chi connectivity index (χ1n) is 14.3. The fraction of sp³-hybridized carbons (Fsp3) is 0.273. The van der Waals surface area contributed by atoms with Crippen molar-refractivity contribution in [3.8, 4) is 18.0 Å². The van der Waals surface area contributed by atoms with E-state index in [1.165, 1.54) is 6.42 Å². The number of hydrogen-bond donors (Lipinski definition) is 3. The van der Waals surface area contributed by atoms with E-state index in [9.17, 15) is 10.1 Å². The first-order chi connectivity index (χ1) is 21.0. The summed E-state index contributed by atoms with van der Waals surface area (Å²) in [6.45, 7) is 5.13. The van der Waals surface area contributed by atoms with E-state index >= 15 is 0 Å². The molecule has 0 unspecified atom stereocenters. The molecule has 1 atom stereocenters. The normalized spacial score (nSPS) is 13.7. The molecule has 5 rings (SSSR count). The van der Waals surface area contributed by atoms with Crippen molar-refractivity contribution in [2.45, 2.75) is 51.2 Å². The second-order valence-electron chi connectivity index (χ2n) is 10.6. The molecule has 2 aromatic heterocycles. The van der Waals surface area contributed by atoms with Gasteiger partial charge < -0.3 is 16.0 Å². The molecule has 43 heavy (non-hydrogen) atoms. The molecule has 216 valence electrons. The summed E-state index contributed by atoms with van der Waals surface area (Å²) in [4.78, 5) is 27.2. The van der Waals surface area contributed by atoms with E-state index in [0.29, 0.717) is 41.8 Å². The summed E-state index contributed by atoms with van der Waals surface area (Å²) in [5, 5.41) is 28.0. The Morgan fingerprint density at radius 2 is 1.77 bits per heavy atom. The summed E-state index contributed by atoms with van der Waals surface area (Å²) in [5.74, 6) is 1.42. The smallest absolute Gasteiger partial charge is 0.247 e. The van der Waals surface area contributed by atoms with Gasteiger partial charge in [-0.3, -0.25) is 9.36 Å². The number of nitrogens with zero attached hydrogens (tertiary/aromatic N) is 6. The van der Waals surface area contributed by atoms with Crippen LogP contribution in [0.25, 0.3) is 5.82 Å². The third-order valence-electron chi connectivity index (χ3n) is 7.59. The van der Waals surface area contributed by atoms with Gasteiger partial charge in [0.15, 0.2) is 0 Å². The van der Waals surface area contributed by atoms with Crippen LogP contribution in [0, 0.1) is 28.6 Å². The number of carbonyl (C=O) groups excluding carboxylic acids is 1. The lowest BCUT2D eigenvalue weighted by atomic mass is 9.81. The van der Waals surface area contributed by atoms with E-state index in [1.807, 2.05) is 30.3 Å². The van der Waals surface area contributed by atoms with Gasteiger partial charge in [0.25, 0.3) is 0 Å². The van der Waals surface area contributed by atoms with Crippen LogP contribution in [0.4, 0.5) is 11.8 Å². The molecule has 3 N–H and O–H groups in total. The van der Waals surface area contributed by atoms with Gasteiger partial charge in [-0.25, -0.2) is 4.98 Å². The molecular formula is C33H33N9O. The van der Waals surface area contributed by atoms with E-state index < -0.39 is 6.04 Å². The number of benzene rings is 2. The zero-order chi connectivity index (χ0) is 30.0. The summed E-state index contributed by atoms with van der Waals surface area (Å²) in [6, 6.07) is 19.8. The highest BCUT2D eigenvalue weighted by Gasteiger charge is 2.29. The summed E-state index contributed by atoms with van der Waals surface area (Å²) in [6.07, 6.45) is 10.5. The van der Waals surface area contributed by atoms with Gasteiger partial charge in [0, 0.05) is 31.5 Å². The van der Waals surface area contributed by atoms with Crippen molar-refractivity contribution in [3.05, 3.63) is 108 Å². The van der Waals surface area contributed by atoms with E-state index in [-0.39, 0.29) is 11.8 Å². The van der Waals surface area contributed by atoms with Gasteiger partial charge in [-0.1, -0.05) is 50.1 Å². The van der Waals surface area contributed by atoms with Gasteiger partial charge in [-0.15, -0.1) is 0 Å². The third-order valence-corrected chi connectivity index (χ3v) is 7.59. The molecular weight excluding hydrogens is 538 g/mol. The number of amides is 1. The fourth-order valence-electron chi connectivity index (χ4n) is 5.22. The molecule has 0 spiro atoms. The van der Waals surface area contributed by atoms with Gasteiger partial charge in [0.1, 0.15) is 24.0 Å². The molecule has 1 aliphatic carbocycles. The Morgan fingerprint density at radius 3 is 2.49 bits per heavy atom. The Morgan fingerprint density at radius 1 is 0.977 bits per heavy atom. The lowest BCUT2D eigenvalue weighted by Gasteiger charge is -2.29. The second-order valence-corrected chi connectivity index (χ2v) is 10.6. The van der Waals surface area contributed by atoms with Crippen LogP contribution in [0.2, 0.25) is 0 Å². The molecule has 4 aromatic rings. The Hall–Kier alpha value is -5.48. The molecule has 0 saturated heterocycles. The Kier molecular flexibility index (Phi) is 9.40. The first kappa shape index (κ1) is 29.0. The van der Waals surface area contributed by atoms with Gasteiger partial charge in [0.05, 0.1) is 23.3 Å². The summed E-state index contributed by atoms with van der Waals surface area (Å²) in [7, 11) is 0. The van der Waals surface area contributed by atoms with Gasteiger partial charge in [-0.05, 0) is 59.7 Å². The number of aromatic nitrogens is 4. The predicted molar refractivity (Wildman–Crippen MR) is 164 cm³/mol. The molecule has 10 heteroatoms. The van der Waals surface area contributed by atoms with Crippen molar-refractivity contribution in [3.63, 3.8) is 0 Å². The maximum atomic E-state index is 13.7. The van der Waals surface area contributed by atoms with Crippen LogP contribution < -0.4 is 16.0 Å². The quantitative estimate of drug-likeness (QED) is 0.207. The number of anilines is 2. The van der Waals surface area contributed by atoms with Crippen molar-refractivity contribution < 1.29 is 4.79 Å². The summed E-state index contributed by atoms with van der Waals surface area (Å²) in [5.41, 5.74) is 3.79. The van der Waals surface area contributed by atoms with Crippen LogP contribution in [0.5, 0.6) is 0 Å². The molecule has 1 saturated carbocycles. The number of nitriles is 2. The molecule has 10 nitrogen and oxygen atoms in total. The standard InChI is InChI=1S/C33H33N9O/c1-23(28-8-3-2-4-9-28)31(32(43)37-20-25-12-10-24(18-34)11-13-25)39-29-17-30(42-15-14-36-22-42)41-33(40-29)38-21-27-7-5-6-26(16-27)19-35/h5-7,10-17,22,28,31H,1-4,8-9,20-21H2,(H,37,43)(H2,38,39,40,41)/t31-/m1/s1. The van der Waals surface area contributed by atoms with Gasteiger partial charge in [0.2, 0.25) is 11.9 Å². The van der Waals surface area contributed by atoms with E-state index in [4.69, 9.17) is 10.2 Å². The van der Waals surface area contributed by atoms with Crippen LogP contribution >= 0.6 is 0 Å². The highest BCUT2D eigenvalue weighted by atomic mass is 16.2. The van der Waals surface area contributed by atoms with Crippen LogP contribution in [0.15, 0.2) is 85.5 Å². The zero-order valence-electron chi connectivity index (χ0n) is 23.8. The number of hydrogen-bond acceptors (Lipinski definition) is 8. The number of carbonyl (C=O) groups is 1. The maximum Gasteiger partial charge on any atom is 0.247 e. The largest absolute Gasteiger partial charge is 0.355 e. The second kappa shape index (κ2) is 13.9. The van der Waals surface area contributed by atoms with Crippen LogP contribution in [0.3, 0.4) is 0 Å². The highest BCUT2D eigenvalue weighted by Crippen LogP contribution is 2.31. The average Bonchev–Trinajstić information content (AvgIpc) is 3.61. The molecule has 2 aromatic carbocycles. The molecule has 0 radical (unpaired) electrons. The number of nitrogens with one attached hydrogen (secondary N) is 3. The van der Waals surface area contributed by atoms with Crippen molar-refractivity contribution in [1.29, 1.82) is 10.5 Å². The van der Waals surface area contributed by atoms with Crippen molar-refractivity contribution in [2.24, 2.45) is 5.92 Å². The zero-order valence-corrected chi connectivity index (χ0v) is 23.8. The number of imidazole rings is 1. The van der Waals surface area contributed by atoms with E-state index in [1.54, 1.807) is 47.6 Å². The lowest BCUT2D eigenvalue weighted by molar-refractivity contribution is -0.121. The fourth-order valence-corrected chi connectivity index (χ4v) is 5.22. The maximum absolute atomic E-state index is 13.7. The highest BCUT2D eigenvalue weighted by molar-refractivity contribution is 5.87. The summed E-state index contributed by atoms with van der Waals surface area (Å²) < 4.78 is 1.77. The van der Waals surface area contributed by atoms with E-state index in [0.717, 1.165) is 42.4 Å². The lowest BCUT2D eigenvalue weighted by Crippen LogP contribution is -2.42. The number of rotatable bonds is 11. The Labute approximate surface area is 251 Å². The van der Waals surface area contributed by atoms with Gasteiger partial charge >= 0.3 is 0 Å². The SMILES string of the molecule is C=C(C1CCCCC1)[C@@H](Nc1cc(-n2ccnc2)nc(NCc2cccc(C#N)c2)n1)C(=O)NCc1ccc(C#N)cc1. The topological polar surface area (TPSA) is 144 Å². The monoisotopic (exact) mass is 571 g/mol. The van der Waals surface area contributed by atoms with Crippen LogP contribution in [-0.4, -0.2) is 31.5 Å². The van der Waals surface area contributed by atoms with Crippen molar-refractivity contribution in [1.82, 2.24) is 24.8 Å². The molecule has 0 bridgehead atoms. The van der Waals surface area contributed by atoms with Crippen LogP contribution in [-0.2, 0) is 17.9 Å². The molecule has 2 heterocycles. The van der Waals surface area contributed by atoms with Crippen molar-refractivity contribution >= 4 is 17.7 Å². The minimum absolute atomic E-state index is 0.203. The minimum atomic E-state index is -0.716. The molecule has 1 fully saturated rings. The minimum Gasteiger partial charge on any atom is -0.355 e. The van der Waals surface area contributed by atoms with Crippen LogP contribution in [0.1, 0.15) is 54.4 Å². The molecule has 0 aliphatic heterocycles. The van der Waals surface area contributed by atoms with Crippen molar-refractivity contribution in [2.75, 3.05) is 10.6 Å². The molecule has 1 amide bonds. The van der Waals surface area contributed by atoms with E-state index in [2.05, 4.69) is 44.6 Å². The van der Waals surface area contributed by atoms with Gasteiger partial charge in [-0.2, -0.15) is 20.5 Å². The molecule has 1 aliphatic rings. The summed E-state index contributed by atoms with van der Waals surface area (Å²) >= 11 is 0. The average molecular weight is 572 g/mol. The first-order valence-corrected chi connectivity index (χ1v) is 14.3. The predicted octanol–water partition coefficient (Wildman–Crippen LogP) is 5.25. The Bertz CT molecular complexity index is 1640.